The van der Waals surface area contributed by atoms with Crippen LogP contribution in [0.2, 0.25) is 0 Å². The van der Waals surface area contributed by atoms with E-state index in [1.807, 2.05) is 0 Å². The number of phenolic OH excluding ortho intramolecular Hbond substituents is 1. The second-order valence-corrected chi connectivity index (χ2v) is 8.07. The minimum Gasteiger partial charge on any atom is -0.508 e. The lowest BCUT2D eigenvalue weighted by molar-refractivity contribution is 0.456. The molecule has 0 bridgehead atoms. The Labute approximate surface area is 161 Å². The topological polar surface area (TPSA) is 83.8 Å². The van der Waals surface area contributed by atoms with Crippen molar-refractivity contribution in [1.82, 2.24) is 0 Å². The van der Waals surface area contributed by atoms with Gasteiger partial charge in [0.15, 0.2) is 0 Å². The summed E-state index contributed by atoms with van der Waals surface area (Å²) < 4.78 is 39.0. The molecule has 0 saturated carbocycles. The normalized spacial score (nSPS) is 11.5. The van der Waals surface area contributed by atoms with Gasteiger partial charge >= 0.3 is 0 Å². The molecule has 0 heterocycles. The van der Waals surface area contributed by atoms with Crippen LogP contribution in [0.3, 0.4) is 0 Å². The molecule has 0 atom stereocenters. The fourth-order valence-electron chi connectivity index (χ4n) is 3.03. The summed E-state index contributed by atoms with van der Waals surface area (Å²) in [6.45, 7) is 2.18. The molecule has 2 aromatic carbocycles. The van der Waals surface area contributed by atoms with Crippen LogP contribution in [0, 0.1) is 0 Å². The van der Waals surface area contributed by atoms with Gasteiger partial charge in [0.2, 0.25) is 0 Å². The van der Waals surface area contributed by atoms with Gasteiger partial charge in [-0.15, -0.1) is 0 Å². The second kappa shape index (κ2) is 10.3. The first-order valence-electron chi connectivity index (χ1n) is 9.48. The van der Waals surface area contributed by atoms with Crippen LogP contribution in [0.1, 0.15) is 57.4 Å². The summed E-state index contributed by atoms with van der Waals surface area (Å²) in [5.41, 5.74) is 0.488. The number of hydrogen-bond donors (Lipinski definition) is 2. The van der Waals surface area contributed by atoms with Crippen LogP contribution in [0.15, 0.2) is 47.4 Å². The van der Waals surface area contributed by atoms with Crippen molar-refractivity contribution in [3.63, 3.8) is 0 Å². The van der Waals surface area contributed by atoms with Crippen molar-refractivity contribution in [2.45, 2.75) is 63.2 Å². The van der Waals surface area contributed by atoms with Gasteiger partial charge in [-0.1, -0.05) is 51.5 Å². The molecular formula is C21H28O5S. The molecule has 27 heavy (non-hydrogen) atoms. The fraction of sp³-hybridized carbons (Fsp3) is 0.429. The lowest BCUT2D eigenvalue weighted by Crippen LogP contribution is -2.05. The summed E-state index contributed by atoms with van der Waals surface area (Å²) >= 11 is 0. The molecule has 0 aliphatic heterocycles. The van der Waals surface area contributed by atoms with Crippen molar-refractivity contribution in [2.75, 3.05) is 0 Å². The number of phenols is 1. The van der Waals surface area contributed by atoms with Crippen LogP contribution in [-0.2, 0) is 16.5 Å². The monoisotopic (exact) mass is 392 g/mol. The summed E-state index contributed by atoms with van der Waals surface area (Å²) in [6, 6.07) is 10.8. The number of hydrogen-bond acceptors (Lipinski definition) is 4. The molecular weight excluding hydrogens is 364 g/mol. The Hall–Kier alpha value is -2.05. The van der Waals surface area contributed by atoms with Crippen LogP contribution in [0.4, 0.5) is 0 Å². The maximum atomic E-state index is 11.8. The Balaban J connectivity index is 2.12. The molecule has 5 nitrogen and oxygen atoms in total. The zero-order valence-electron chi connectivity index (χ0n) is 15.7. The van der Waals surface area contributed by atoms with Gasteiger partial charge in [-0.3, -0.25) is 4.55 Å². The Kier molecular flexibility index (Phi) is 8.13. The number of ether oxygens (including phenoxy) is 1. The third kappa shape index (κ3) is 6.88. The minimum absolute atomic E-state index is 0.107. The van der Waals surface area contributed by atoms with E-state index in [1.165, 1.54) is 43.9 Å². The van der Waals surface area contributed by atoms with Gasteiger partial charge in [0.25, 0.3) is 10.1 Å². The number of aromatic hydroxyl groups is 1. The van der Waals surface area contributed by atoms with E-state index in [0.717, 1.165) is 19.3 Å². The lowest BCUT2D eigenvalue weighted by Gasteiger charge is -2.14. The van der Waals surface area contributed by atoms with Crippen molar-refractivity contribution in [3.05, 3.63) is 48.0 Å². The SMILES string of the molecule is CCCCCCCCCc1c(Oc2ccc(O)cc2)cccc1S(=O)(=O)O. The van der Waals surface area contributed by atoms with Gasteiger partial charge in [-0.2, -0.15) is 8.42 Å². The van der Waals surface area contributed by atoms with Crippen LogP contribution >= 0.6 is 0 Å². The fourth-order valence-corrected chi connectivity index (χ4v) is 3.79. The highest BCUT2D eigenvalue weighted by molar-refractivity contribution is 7.85. The molecule has 0 fully saturated rings. The summed E-state index contributed by atoms with van der Waals surface area (Å²) in [5.74, 6) is 1.01. The number of benzene rings is 2. The van der Waals surface area contributed by atoms with Crippen molar-refractivity contribution in [1.29, 1.82) is 0 Å². The van der Waals surface area contributed by atoms with Crippen LogP contribution in [0.5, 0.6) is 17.2 Å². The van der Waals surface area contributed by atoms with Crippen LogP contribution in [-0.4, -0.2) is 18.1 Å². The summed E-state index contributed by atoms with van der Waals surface area (Å²) in [5, 5.41) is 9.38. The van der Waals surface area contributed by atoms with Gasteiger partial charge < -0.3 is 9.84 Å². The molecule has 0 aliphatic carbocycles. The van der Waals surface area contributed by atoms with E-state index in [2.05, 4.69) is 6.92 Å². The highest BCUT2D eigenvalue weighted by Crippen LogP contribution is 2.32. The third-order valence-electron chi connectivity index (χ3n) is 4.46. The van der Waals surface area contributed by atoms with Crippen molar-refractivity contribution in [2.24, 2.45) is 0 Å². The molecule has 0 unspecified atom stereocenters. The standard InChI is InChI=1S/C21H28O5S/c1-2-3-4-5-6-7-8-10-19-20(11-9-12-21(19)27(23,24)25)26-18-15-13-17(22)14-16-18/h9,11-16,22H,2-8,10H2,1H3,(H,23,24,25). The molecule has 2 N–H and O–H groups in total. The molecule has 6 heteroatoms. The lowest BCUT2D eigenvalue weighted by atomic mass is 10.0. The molecule has 0 amide bonds. The van der Waals surface area contributed by atoms with Gasteiger partial charge in [0.1, 0.15) is 22.1 Å². The molecule has 0 aliphatic rings. The Morgan fingerprint density at radius 3 is 2.15 bits per heavy atom. The first-order valence-corrected chi connectivity index (χ1v) is 10.9. The van der Waals surface area contributed by atoms with Crippen molar-refractivity contribution >= 4 is 10.1 Å². The van der Waals surface area contributed by atoms with Crippen molar-refractivity contribution in [3.8, 4) is 17.2 Å². The molecule has 2 rings (SSSR count). The average Bonchev–Trinajstić information content (AvgIpc) is 2.63. The average molecular weight is 393 g/mol. The maximum Gasteiger partial charge on any atom is 0.294 e. The van der Waals surface area contributed by atoms with Gasteiger partial charge in [0, 0.05) is 5.56 Å². The van der Waals surface area contributed by atoms with E-state index in [4.69, 9.17) is 4.74 Å². The predicted molar refractivity (Wildman–Crippen MR) is 106 cm³/mol. The van der Waals surface area contributed by atoms with E-state index in [1.54, 1.807) is 24.3 Å². The molecule has 2 aromatic rings. The molecule has 0 radical (unpaired) electrons. The maximum absolute atomic E-state index is 11.8. The van der Waals surface area contributed by atoms with E-state index in [9.17, 15) is 18.1 Å². The first kappa shape index (κ1) is 21.3. The third-order valence-corrected chi connectivity index (χ3v) is 5.40. The van der Waals surface area contributed by atoms with E-state index in [0.29, 0.717) is 23.5 Å². The van der Waals surface area contributed by atoms with Gasteiger partial charge in [0.05, 0.1) is 0 Å². The largest absolute Gasteiger partial charge is 0.508 e. The Morgan fingerprint density at radius 2 is 1.52 bits per heavy atom. The van der Waals surface area contributed by atoms with Crippen LogP contribution in [0.25, 0.3) is 0 Å². The summed E-state index contributed by atoms with van der Waals surface area (Å²) in [6.07, 6.45) is 8.32. The minimum atomic E-state index is -4.33. The first-order chi connectivity index (χ1) is 12.9. The smallest absolute Gasteiger partial charge is 0.294 e. The predicted octanol–water partition coefficient (Wildman–Crippen LogP) is 5.72. The quantitative estimate of drug-likeness (QED) is 0.377. The summed E-state index contributed by atoms with van der Waals surface area (Å²) in [4.78, 5) is -0.107. The Morgan fingerprint density at radius 1 is 0.889 bits per heavy atom. The second-order valence-electron chi connectivity index (χ2n) is 6.68. The molecule has 148 valence electrons. The van der Waals surface area contributed by atoms with Gasteiger partial charge in [-0.25, -0.2) is 0 Å². The zero-order chi connectivity index (χ0) is 19.7. The highest BCUT2D eigenvalue weighted by Gasteiger charge is 2.19. The number of rotatable bonds is 11. The highest BCUT2D eigenvalue weighted by atomic mass is 32.2. The molecule has 0 spiro atoms. The number of unbranched alkanes of at least 4 members (excludes halogenated alkanes) is 6. The van der Waals surface area contributed by atoms with Gasteiger partial charge in [-0.05, 0) is 49.2 Å². The molecule has 0 aromatic heterocycles. The van der Waals surface area contributed by atoms with E-state index >= 15 is 0 Å². The molecule has 0 saturated heterocycles. The zero-order valence-corrected chi connectivity index (χ0v) is 16.5. The van der Waals surface area contributed by atoms with Crippen molar-refractivity contribution < 1.29 is 22.8 Å². The van der Waals surface area contributed by atoms with E-state index < -0.39 is 10.1 Å². The summed E-state index contributed by atoms with van der Waals surface area (Å²) in [7, 11) is -4.33. The van der Waals surface area contributed by atoms with Crippen LogP contribution < -0.4 is 4.74 Å². The Bertz CT molecular complexity index is 813. The van der Waals surface area contributed by atoms with E-state index in [-0.39, 0.29) is 10.6 Å².